The van der Waals surface area contributed by atoms with Crippen LogP contribution in [0.3, 0.4) is 0 Å². The van der Waals surface area contributed by atoms with Gasteiger partial charge in [-0.1, -0.05) is 22.9 Å². The molecule has 1 aliphatic rings. The number of piperidine rings is 1. The summed E-state index contributed by atoms with van der Waals surface area (Å²) in [7, 11) is 1.65. The van der Waals surface area contributed by atoms with Crippen LogP contribution in [-0.2, 0) is 12.5 Å². The van der Waals surface area contributed by atoms with Crippen molar-refractivity contribution in [2.45, 2.75) is 31.5 Å². The Kier molecular flexibility index (Phi) is 5.75. The summed E-state index contributed by atoms with van der Waals surface area (Å²) in [6.07, 6.45) is -3.59. The lowest BCUT2D eigenvalue weighted by molar-refractivity contribution is -0.274. The molecule has 0 radical (unpaired) electrons. The van der Waals surface area contributed by atoms with Crippen LogP contribution in [0.2, 0.25) is 0 Å². The van der Waals surface area contributed by atoms with Crippen molar-refractivity contribution in [3.8, 4) is 11.8 Å². The van der Waals surface area contributed by atoms with Gasteiger partial charge in [0.2, 0.25) is 5.89 Å². The van der Waals surface area contributed by atoms with Gasteiger partial charge in [-0.3, -0.25) is 4.79 Å². The summed E-state index contributed by atoms with van der Waals surface area (Å²) in [6.45, 7) is 3.06. The number of hydrogen-bond donors (Lipinski definition) is 0. The SMILES string of the molecule is Cn1c(=O)c(C#N)c(N2CCC(C)(c3nc4ccc(OC(F)(F)F)cc4o3)CC2)c2ccc(Br)cc21. The second-order valence-corrected chi connectivity index (χ2v) is 10.0. The van der Waals surface area contributed by atoms with E-state index in [9.17, 15) is 23.2 Å². The number of aromatic nitrogens is 2. The number of halogens is 4. The lowest BCUT2D eigenvalue weighted by atomic mass is 9.80. The first-order valence-electron chi connectivity index (χ1n) is 11.1. The lowest BCUT2D eigenvalue weighted by Crippen LogP contribution is -2.42. The molecule has 0 spiro atoms. The van der Waals surface area contributed by atoms with Crippen LogP contribution in [0.4, 0.5) is 18.9 Å². The van der Waals surface area contributed by atoms with Gasteiger partial charge < -0.3 is 18.6 Å². The van der Waals surface area contributed by atoms with E-state index in [1.807, 2.05) is 30.0 Å². The van der Waals surface area contributed by atoms with E-state index in [-0.39, 0.29) is 22.5 Å². The average molecular weight is 561 g/mol. The zero-order valence-electron chi connectivity index (χ0n) is 19.3. The summed E-state index contributed by atoms with van der Waals surface area (Å²) in [6, 6.07) is 11.5. The van der Waals surface area contributed by atoms with Crippen molar-refractivity contribution in [3.05, 3.63) is 62.7 Å². The van der Waals surface area contributed by atoms with Crippen molar-refractivity contribution in [3.63, 3.8) is 0 Å². The number of aryl methyl sites for hydroxylation is 1. The maximum atomic E-state index is 12.9. The Labute approximate surface area is 211 Å². The highest BCUT2D eigenvalue weighted by Gasteiger charge is 2.38. The molecular formula is C25H20BrF3N4O3. The monoisotopic (exact) mass is 560 g/mol. The highest BCUT2D eigenvalue weighted by Crippen LogP contribution is 2.40. The number of alkyl halides is 3. The molecule has 1 saturated heterocycles. The summed E-state index contributed by atoms with van der Waals surface area (Å²) in [5, 5.41) is 10.6. The maximum Gasteiger partial charge on any atom is 0.573 e. The van der Waals surface area contributed by atoms with Crippen LogP contribution in [0.25, 0.3) is 22.0 Å². The van der Waals surface area contributed by atoms with Crippen molar-refractivity contribution in [2.75, 3.05) is 18.0 Å². The van der Waals surface area contributed by atoms with Gasteiger partial charge in [0.25, 0.3) is 5.56 Å². The van der Waals surface area contributed by atoms with E-state index in [2.05, 4.69) is 31.7 Å². The second-order valence-electron chi connectivity index (χ2n) is 9.11. The van der Waals surface area contributed by atoms with Gasteiger partial charge in [0.05, 0.1) is 11.2 Å². The number of nitrogens with zero attached hydrogens (tertiary/aromatic N) is 4. The van der Waals surface area contributed by atoms with Crippen molar-refractivity contribution in [1.29, 1.82) is 5.26 Å². The van der Waals surface area contributed by atoms with Gasteiger partial charge in [-0.25, -0.2) is 4.98 Å². The molecule has 0 bridgehead atoms. The Morgan fingerprint density at radius 1 is 1.19 bits per heavy atom. The van der Waals surface area contributed by atoms with E-state index in [4.69, 9.17) is 4.42 Å². The molecule has 0 aliphatic carbocycles. The first-order valence-corrected chi connectivity index (χ1v) is 11.9. The lowest BCUT2D eigenvalue weighted by Gasteiger charge is -2.39. The number of pyridine rings is 1. The van der Waals surface area contributed by atoms with Gasteiger partial charge >= 0.3 is 6.36 Å². The molecule has 1 aliphatic heterocycles. The Bertz CT molecular complexity index is 1590. The van der Waals surface area contributed by atoms with E-state index in [1.165, 1.54) is 22.8 Å². The molecule has 2 aromatic carbocycles. The minimum absolute atomic E-state index is 0.0926. The number of ether oxygens (including phenoxy) is 1. The van der Waals surface area contributed by atoms with Crippen LogP contribution in [-0.4, -0.2) is 29.0 Å². The predicted octanol–water partition coefficient (Wildman–Crippen LogP) is 5.77. The smallest absolute Gasteiger partial charge is 0.440 e. The van der Waals surface area contributed by atoms with Gasteiger partial charge in [-0.2, -0.15) is 5.26 Å². The molecule has 0 amide bonds. The fraction of sp³-hybridized carbons (Fsp3) is 0.320. The quantitative estimate of drug-likeness (QED) is 0.316. The van der Waals surface area contributed by atoms with Crippen LogP contribution in [0, 0.1) is 11.3 Å². The van der Waals surface area contributed by atoms with E-state index >= 15 is 0 Å². The molecule has 0 atom stereocenters. The van der Waals surface area contributed by atoms with E-state index < -0.39 is 11.8 Å². The molecule has 0 saturated carbocycles. The van der Waals surface area contributed by atoms with Crippen LogP contribution in [0.1, 0.15) is 31.2 Å². The third kappa shape index (κ3) is 4.19. The van der Waals surface area contributed by atoms with Gasteiger partial charge in [0, 0.05) is 41.5 Å². The average Bonchev–Trinajstić information content (AvgIpc) is 3.25. The Hall–Kier alpha value is -3.52. The molecule has 11 heteroatoms. The minimum atomic E-state index is -4.80. The molecule has 7 nitrogen and oxygen atoms in total. The highest BCUT2D eigenvalue weighted by atomic mass is 79.9. The van der Waals surface area contributed by atoms with Crippen molar-refractivity contribution < 1.29 is 22.3 Å². The first-order chi connectivity index (χ1) is 17.0. The number of nitriles is 1. The summed E-state index contributed by atoms with van der Waals surface area (Å²) in [5.74, 6) is 0.0606. The Morgan fingerprint density at radius 2 is 1.92 bits per heavy atom. The maximum absolute atomic E-state index is 12.9. The fourth-order valence-electron chi connectivity index (χ4n) is 4.72. The van der Waals surface area contributed by atoms with Crippen LogP contribution in [0.5, 0.6) is 5.75 Å². The number of rotatable bonds is 3. The second kappa shape index (κ2) is 8.55. The Morgan fingerprint density at radius 3 is 2.58 bits per heavy atom. The fourth-order valence-corrected chi connectivity index (χ4v) is 5.07. The van der Waals surface area contributed by atoms with Crippen molar-refractivity contribution in [1.82, 2.24) is 9.55 Å². The number of benzene rings is 2. The molecule has 186 valence electrons. The van der Waals surface area contributed by atoms with Gasteiger partial charge in [0.1, 0.15) is 22.9 Å². The molecule has 0 unspecified atom stereocenters. The predicted molar refractivity (Wildman–Crippen MR) is 131 cm³/mol. The molecule has 5 rings (SSSR count). The third-order valence-corrected chi connectivity index (χ3v) is 7.23. The summed E-state index contributed by atoms with van der Waals surface area (Å²) >= 11 is 3.45. The van der Waals surface area contributed by atoms with Crippen LogP contribution in [0.15, 0.2) is 50.1 Å². The first kappa shape index (κ1) is 24.2. The topological polar surface area (TPSA) is 84.3 Å². The number of anilines is 1. The molecule has 4 aromatic rings. The molecule has 0 N–H and O–H groups in total. The number of oxazole rings is 1. The van der Waals surface area contributed by atoms with Gasteiger partial charge in [-0.15, -0.1) is 13.2 Å². The van der Waals surface area contributed by atoms with E-state index in [1.54, 1.807) is 7.05 Å². The molecule has 1 fully saturated rings. The molecule has 2 aromatic heterocycles. The number of hydrogen-bond acceptors (Lipinski definition) is 6. The largest absolute Gasteiger partial charge is 0.573 e. The minimum Gasteiger partial charge on any atom is -0.440 e. The molecule has 3 heterocycles. The standard InChI is InChI=1S/C25H20BrF3N4O3/c1-24(23-31-18-6-4-15(12-20(18)35-23)36-25(27,28)29)7-9-33(10-8-24)21-16-5-3-14(26)11-19(16)32(2)22(34)17(21)13-30/h3-6,11-12H,7-10H2,1-2H3. The summed E-state index contributed by atoms with van der Waals surface area (Å²) < 4.78 is 49.9. The van der Waals surface area contributed by atoms with E-state index in [0.29, 0.717) is 48.5 Å². The zero-order chi connectivity index (χ0) is 25.8. The third-order valence-electron chi connectivity index (χ3n) is 6.74. The number of fused-ring (bicyclic) bond motifs is 2. The summed E-state index contributed by atoms with van der Waals surface area (Å²) in [5.41, 5.74) is 1.23. The van der Waals surface area contributed by atoms with E-state index in [0.717, 1.165) is 9.86 Å². The van der Waals surface area contributed by atoms with Gasteiger partial charge in [-0.05, 0) is 43.2 Å². The van der Waals surface area contributed by atoms with Crippen molar-refractivity contribution >= 4 is 43.6 Å². The molecular weight excluding hydrogens is 541 g/mol. The Balaban J connectivity index is 1.46. The molecule has 36 heavy (non-hydrogen) atoms. The van der Waals surface area contributed by atoms with Crippen LogP contribution < -0.4 is 15.2 Å². The summed E-state index contributed by atoms with van der Waals surface area (Å²) in [4.78, 5) is 19.5. The van der Waals surface area contributed by atoms with Crippen LogP contribution >= 0.6 is 15.9 Å². The van der Waals surface area contributed by atoms with Gasteiger partial charge in [0.15, 0.2) is 5.58 Å². The van der Waals surface area contributed by atoms with Crippen molar-refractivity contribution in [2.24, 2.45) is 7.05 Å². The zero-order valence-corrected chi connectivity index (χ0v) is 20.9. The normalized spacial score (nSPS) is 15.9. The highest BCUT2D eigenvalue weighted by molar-refractivity contribution is 9.10.